The van der Waals surface area contributed by atoms with Gasteiger partial charge in [0.15, 0.2) is 9.84 Å². The Morgan fingerprint density at radius 1 is 1.25 bits per heavy atom. The van der Waals surface area contributed by atoms with Crippen molar-refractivity contribution < 1.29 is 21.6 Å². The van der Waals surface area contributed by atoms with Crippen LogP contribution >= 0.6 is 0 Å². The summed E-state index contributed by atoms with van der Waals surface area (Å²) >= 11 is 0. The summed E-state index contributed by atoms with van der Waals surface area (Å²) in [6, 6.07) is 3.74. The summed E-state index contributed by atoms with van der Waals surface area (Å²) in [6.45, 7) is 5.76. The van der Waals surface area contributed by atoms with Gasteiger partial charge in [0.2, 0.25) is 10.0 Å². The molecule has 0 saturated carbocycles. The molecule has 3 N–H and O–H groups in total. The average Bonchev–Trinajstić information content (AvgIpc) is 2.44. The van der Waals surface area contributed by atoms with Crippen LogP contribution < -0.4 is 15.2 Å². The molecule has 0 aliphatic rings. The average molecular weight is 379 g/mol. The predicted octanol–water partition coefficient (Wildman–Crippen LogP) is 1.14. The Labute approximate surface area is 144 Å². The molecule has 1 atom stereocenters. The summed E-state index contributed by atoms with van der Waals surface area (Å²) in [5, 5.41) is 0. The van der Waals surface area contributed by atoms with Crippen LogP contribution in [0.1, 0.15) is 27.2 Å². The van der Waals surface area contributed by atoms with E-state index in [0.29, 0.717) is 6.42 Å². The maximum absolute atomic E-state index is 12.8. The highest BCUT2D eigenvalue weighted by molar-refractivity contribution is 7.91. The van der Waals surface area contributed by atoms with Crippen molar-refractivity contribution in [1.82, 2.24) is 4.72 Å². The van der Waals surface area contributed by atoms with Gasteiger partial charge in [-0.1, -0.05) is 13.8 Å². The van der Waals surface area contributed by atoms with Crippen molar-refractivity contribution in [2.24, 2.45) is 11.7 Å². The van der Waals surface area contributed by atoms with E-state index >= 15 is 0 Å². The van der Waals surface area contributed by atoms with Crippen molar-refractivity contribution in [3.8, 4) is 5.75 Å². The number of sulfonamides is 1. The van der Waals surface area contributed by atoms with Gasteiger partial charge in [-0.3, -0.25) is 0 Å². The molecule has 0 spiro atoms. The first kappa shape index (κ1) is 20.9. The first-order valence-corrected chi connectivity index (χ1v) is 10.8. The molecule has 0 saturated heterocycles. The number of hydrogen-bond donors (Lipinski definition) is 2. The molecule has 0 aliphatic carbocycles. The summed E-state index contributed by atoms with van der Waals surface area (Å²) < 4.78 is 56.7. The van der Waals surface area contributed by atoms with E-state index in [1.807, 2.05) is 13.8 Å². The number of benzene rings is 1. The van der Waals surface area contributed by atoms with Gasteiger partial charge >= 0.3 is 0 Å². The van der Waals surface area contributed by atoms with Crippen LogP contribution in [0.15, 0.2) is 28.0 Å². The van der Waals surface area contributed by atoms with Crippen LogP contribution in [0.3, 0.4) is 0 Å². The summed E-state index contributed by atoms with van der Waals surface area (Å²) in [5.74, 6) is 0.296. The van der Waals surface area contributed by atoms with Crippen LogP contribution in [-0.4, -0.2) is 42.3 Å². The summed E-state index contributed by atoms with van der Waals surface area (Å²) in [7, 11) is -6.25. The van der Waals surface area contributed by atoms with Gasteiger partial charge in [0, 0.05) is 18.3 Å². The SMILES string of the molecule is COc1ccc(S(C)(=O)=O)cc1S(=O)(=O)NC(C)(CN)CC(C)C. The highest BCUT2D eigenvalue weighted by Crippen LogP contribution is 2.28. The molecule has 1 aromatic carbocycles. The number of sulfone groups is 1. The quantitative estimate of drug-likeness (QED) is 0.701. The second-order valence-electron chi connectivity index (χ2n) is 6.55. The second-order valence-corrected chi connectivity index (χ2v) is 10.2. The molecule has 7 nitrogen and oxygen atoms in total. The summed E-state index contributed by atoms with van der Waals surface area (Å²) in [5.41, 5.74) is 4.91. The van der Waals surface area contributed by atoms with Crippen molar-refractivity contribution in [2.45, 2.75) is 42.5 Å². The fraction of sp³-hybridized carbons (Fsp3) is 0.600. The smallest absolute Gasteiger partial charge is 0.244 e. The number of nitrogens with two attached hydrogens (primary N) is 1. The lowest BCUT2D eigenvalue weighted by molar-refractivity contribution is 0.343. The maximum Gasteiger partial charge on any atom is 0.244 e. The Balaban J connectivity index is 3.41. The third kappa shape index (κ3) is 5.17. The first-order chi connectivity index (χ1) is 10.8. The van der Waals surface area contributed by atoms with Gasteiger partial charge in [-0.2, -0.15) is 0 Å². The monoisotopic (exact) mass is 378 g/mol. The Morgan fingerprint density at radius 3 is 2.25 bits per heavy atom. The summed E-state index contributed by atoms with van der Waals surface area (Å²) in [4.78, 5) is -0.321. The third-order valence-electron chi connectivity index (χ3n) is 3.54. The van der Waals surface area contributed by atoms with E-state index in [-0.39, 0.29) is 28.0 Å². The number of hydrogen-bond acceptors (Lipinski definition) is 6. The van der Waals surface area contributed by atoms with E-state index in [1.165, 1.54) is 19.2 Å². The second kappa shape index (κ2) is 7.38. The van der Waals surface area contributed by atoms with Gasteiger partial charge in [-0.15, -0.1) is 0 Å². The molecule has 0 amide bonds. The lowest BCUT2D eigenvalue weighted by Gasteiger charge is -2.31. The van der Waals surface area contributed by atoms with Crippen LogP contribution in [0.2, 0.25) is 0 Å². The molecule has 0 radical (unpaired) electrons. The van der Waals surface area contributed by atoms with Crippen molar-refractivity contribution in [2.75, 3.05) is 19.9 Å². The van der Waals surface area contributed by atoms with E-state index in [1.54, 1.807) is 6.92 Å². The molecule has 0 aromatic heterocycles. The zero-order valence-corrected chi connectivity index (χ0v) is 16.3. The Bertz CT molecular complexity index is 788. The molecule has 0 fully saturated rings. The first-order valence-electron chi connectivity index (χ1n) is 7.47. The Hall–Kier alpha value is -1.16. The van der Waals surface area contributed by atoms with Gasteiger partial charge in [0.1, 0.15) is 10.6 Å². The van der Waals surface area contributed by atoms with Crippen molar-refractivity contribution >= 4 is 19.9 Å². The number of ether oxygens (including phenoxy) is 1. The molecular weight excluding hydrogens is 352 g/mol. The van der Waals surface area contributed by atoms with Crippen LogP contribution in [0.25, 0.3) is 0 Å². The topological polar surface area (TPSA) is 116 Å². The lowest BCUT2D eigenvalue weighted by Crippen LogP contribution is -2.52. The largest absolute Gasteiger partial charge is 0.495 e. The van der Waals surface area contributed by atoms with Gasteiger partial charge in [0.25, 0.3) is 0 Å². The molecule has 1 rings (SSSR count). The fourth-order valence-corrected chi connectivity index (χ4v) is 4.89. The van der Waals surface area contributed by atoms with Crippen LogP contribution in [0.4, 0.5) is 0 Å². The number of nitrogens with one attached hydrogen (secondary N) is 1. The molecular formula is C15H26N2O5S2. The van der Waals surface area contributed by atoms with E-state index in [4.69, 9.17) is 10.5 Å². The normalized spacial score (nSPS) is 15.3. The number of rotatable bonds is 8. The minimum atomic E-state index is -4.02. The zero-order chi connectivity index (χ0) is 18.8. The van der Waals surface area contributed by atoms with Crippen molar-refractivity contribution in [3.63, 3.8) is 0 Å². The molecule has 0 bridgehead atoms. The molecule has 0 heterocycles. The molecule has 1 aromatic rings. The highest BCUT2D eigenvalue weighted by atomic mass is 32.2. The van der Waals surface area contributed by atoms with Gasteiger partial charge in [0.05, 0.1) is 12.0 Å². The Kier molecular flexibility index (Phi) is 6.43. The standard InChI is InChI=1S/C15H26N2O5S2/c1-11(2)9-15(3,10-16)17-24(20,21)14-8-12(23(5,18)19)6-7-13(14)22-4/h6-8,11,17H,9-10,16H2,1-5H3. The molecule has 9 heteroatoms. The maximum atomic E-state index is 12.8. The predicted molar refractivity (Wildman–Crippen MR) is 93.3 cm³/mol. The van der Waals surface area contributed by atoms with E-state index in [0.717, 1.165) is 12.3 Å². The fourth-order valence-electron chi connectivity index (χ4n) is 2.54. The highest BCUT2D eigenvalue weighted by Gasteiger charge is 2.32. The molecule has 1 unspecified atom stereocenters. The minimum absolute atomic E-state index is 0.0684. The third-order valence-corrected chi connectivity index (χ3v) is 6.31. The lowest BCUT2D eigenvalue weighted by atomic mass is 9.92. The van der Waals surface area contributed by atoms with E-state index in [9.17, 15) is 16.8 Å². The van der Waals surface area contributed by atoms with Crippen LogP contribution in [0, 0.1) is 5.92 Å². The van der Waals surface area contributed by atoms with Gasteiger partial charge in [-0.05, 0) is 37.5 Å². The number of methoxy groups -OCH3 is 1. The molecule has 24 heavy (non-hydrogen) atoms. The van der Waals surface area contributed by atoms with Crippen molar-refractivity contribution in [3.05, 3.63) is 18.2 Å². The van der Waals surface area contributed by atoms with Crippen LogP contribution in [-0.2, 0) is 19.9 Å². The summed E-state index contributed by atoms with van der Waals surface area (Å²) in [6.07, 6.45) is 1.55. The minimum Gasteiger partial charge on any atom is -0.495 e. The van der Waals surface area contributed by atoms with Crippen molar-refractivity contribution in [1.29, 1.82) is 0 Å². The van der Waals surface area contributed by atoms with Crippen LogP contribution in [0.5, 0.6) is 5.75 Å². The Morgan fingerprint density at radius 2 is 1.83 bits per heavy atom. The molecule has 138 valence electrons. The van der Waals surface area contributed by atoms with Gasteiger partial charge in [-0.25, -0.2) is 21.6 Å². The molecule has 0 aliphatic heterocycles. The zero-order valence-electron chi connectivity index (χ0n) is 14.7. The van der Waals surface area contributed by atoms with Gasteiger partial charge < -0.3 is 10.5 Å². The van der Waals surface area contributed by atoms with E-state index in [2.05, 4.69) is 4.72 Å². The van der Waals surface area contributed by atoms with E-state index < -0.39 is 25.4 Å².